The van der Waals surface area contributed by atoms with Gasteiger partial charge < -0.3 is 5.11 Å². The average molecular weight is 333 g/mol. The minimum Gasteiger partial charge on any atom is -0.481 e. The Kier molecular flexibility index (Phi) is 4.12. The second kappa shape index (κ2) is 5.94. The molecule has 0 aliphatic carbocycles. The summed E-state index contributed by atoms with van der Waals surface area (Å²) in [7, 11) is -3.61. The molecule has 1 N–H and O–H groups in total. The molecule has 0 aromatic heterocycles. The highest BCUT2D eigenvalue weighted by Crippen LogP contribution is 2.31. The van der Waals surface area contributed by atoms with E-state index >= 15 is 0 Å². The third-order valence-electron chi connectivity index (χ3n) is 4.43. The predicted molar refractivity (Wildman–Crippen MR) is 87.8 cm³/mol. The standard InChI is InChI=1S/C17H19NO4S/c1-12-6-7-16(15-5-3-2-4-14(12)15)23(21,22)18-9-8-13(11-18)10-17(19)20/h2-7,13H,8-11H2,1H3,(H,19,20)/t13-/m1/s1. The van der Waals surface area contributed by atoms with E-state index < -0.39 is 16.0 Å². The summed E-state index contributed by atoms with van der Waals surface area (Å²) in [6, 6.07) is 10.9. The molecule has 0 unspecified atom stereocenters. The molecular formula is C17H19NO4S. The van der Waals surface area contributed by atoms with E-state index in [1.54, 1.807) is 6.07 Å². The van der Waals surface area contributed by atoms with E-state index in [9.17, 15) is 13.2 Å². The van der Waals surface area contributed by atoms with Crippen molar-refractivity contribution in [1.29, 1.82) is 0 Å². The molecule has 0 saturated carbocycles. The second-order valence-corrected chi connectivity index (χ2v) is 7.95. The van der Waals surface area contributed by atoms with Gasteiger partial charge in [0.15, 0.2) is 0 Å². The summed E-state index contributed by atoms with van der Waals surface area (Å²) in [5, 5.41) is 10.5. The molecule has 2 aromatic carbocycles. The first-order valence-electron chi connectivity index (χ1n) is 7.60. The number of fused-ring (bicyclic) bond motifs is 1. The molecule has 5 nitrogen and oxygen atoms in total. The zero-order valence-corrected chi connectivity index (χ0v) is 13.7. The molecule has 1 aliphatic heterocycles. The number of aliphatic carboxylic acids is 1. The fourth-order valence-electron chi connectivity index (χ4n) is 3.22. The molecule has 1 atom stereocenters. The SMILES string of the molecule is Cc1ccc(S(=O)(=O)N2CC[C@H](CC(=O)O)C2)c2ccccc12. The van der Waals surface area contributed by atoms with Crippen LogP contribution in [0.25, 0.3) is 10.8 Å². The summed E-state index contributed by atoms with van der Waals surface area (Å²) in [6.45, 7) is 2.61. The molecule has 1 aliphatic rings. The molecule has 0 radical (unpaired) electrons. The Labute approximate surface area is 135 Å². The Bertz CT molecular complexity index is 860. The molecule has 1 heterocycles. The van der Waals surface area contributed by atoms with Crippen LogP contribution in [0, 0.1) is 12.8 Å². The van der Waals surface area contributed by atoms with Crippen LogP contribution in [0.3, 0.4) is 0 Å². The van der Waals surface area contributed by atoms with Crippen molar-refractivity contribution in [3.8, 4) is 0 Å². The van der Waals surface area contributed by atoms with Crippen LogP contribution < -0.4 is 0 Å². The van der Waals surface area contributed by atoms with Gasteiger partial charge in [-0.15, -0.1) is 0 Å². The van der Waals surface area contributed by atoms with Gasteiger partial charge in [0.2, 0.25) is 10.0 Å². The minimum absolute atomic E-state index is 0.0145. The molecule has 122 valence electrons. The number of sulfonamides is 1. The van der Waals surface area contributed by atoms with Gasteiger partial charge >= 0.3 is 5.97 Å². The van der Waals surface area contributed by atoms with Crippen LogP contribution in [0.4, 0.5) is 0 Å². The van der Waals surface area contributed by atoms with Gasteiger partial charge in [0.25, 0.3) is 0 Å². The number of hydrogen-bond acceptors (Lipinski definition) is 3. The normalized spacial score (nSPS) is 19.3. The Morgan fingerprint density at radius 1 is 1.22 bits per heavy atom. The summed E-state index contributed by atoms with van der Waals surface area (Å²) >= 11 is 0. The Morgan fingerprint density at radius 3 is 2.61 bits per heavy atom. The molecule has 1 saturated heterocycles. The van der Waals surface area contributed by atoms with Crippen LogP contribution in [-0.2, 0) is 14.8 Å². The average Bonchev–Trinajstić information content (AvgIpc) is 2.96. The predicted octanol–water partition coefficient (Wildman–Crippen LogP) is 2.63. The number of aryl methyl sites for hydroxylation is 1. The Balaban J connectivity index is 1.98. The third kappa shape index (κ3) is 2.96. The lowest BCUT2D eigenvalue weighted by molar-refractivity contribution is -0.137. The van der Waals surface area contributed by atoms with Crippen LogP contribution in [0.2, 0.25) is 0 Å². The summed E-state index contributed by atoms with van der Waals surface area (Å²) in [5.74, 6) is -0.992. The number of carbonyl (C=O) groups is 1. The van der Waals surface area contributed by atoms with E-state index in [4.69, 9.17) is 5.11 Å². The minimum atomic E-state index is -3.61. The van der Waals surface area contributed by atoms with Crippen molar-refractivity contribution >= 4 is 26.8 Å². The van der Waals surface area contributed by atoms with E-state index in [-0.39, 0.29) is 18.9 Å². The smallest absolute Gasteiger partial charge is 0.303 e. The number of benzene rings is 2. The van der Waals surface area contributed by atoms with Gasteiger partial charge in [0.1, 0.15) is 0 Å². The van der Waals surface area contributed by atoms with Gasteiger partial charge in [-0.25, -0.2) is 8.42 Å². The second-order valence-electron chi connectivity index (χ2n) is 6.04. The van der Waals surface area contributed by atoms with Crippen molar-refractivity contribution in [1.82, 2.24) is 4.31 Å². The fraction of sp³-hybridized carbons (Fsp3) is 0.353. The van der Waals surface area contributed by atoms with E-state index in [0.29, 0.717) is 23.2 Å². The molecule has 0 bridgehead atoms. The zero-order valence-electron chi connectivity index (χ0n) is 12.9. The van der Waals surface area contributed by atoms with Crippen molar-refractivity contribution in [3.63, 3.8) is 0 Å². The first kappa shape index (κ1) is 16.0. The van der Waals surface area contributed by atoms with Gasteiger partial charge in [-0.1, -0.05) is 30.3 Å². The zero-order chi connectivity index (χ0) is 16.6. The third-order valence-corrected chi connectivity index (χ3v) is 6.36. The molecule has 0 amide bonds. The number of rotatable bonds is 4. The Morgan fingerprint density at radius 2 is 1.91 bits per heavy atom. The van der Waals surface area contributed by atoms with Crippen LogP contribution >= 0.6 is 0 Å². The maximum Gasteiger partial charge on any atom is 0.303 e. The molecule has 2 aromatic rings. The summed E-state index contributed by atoms with van der Waals surface area (Å²) in [4.78, 5) is 11.1. The van der Waals surface area contributed by atoms with Gasteiger partial charge in [-0.3, -0.25) is 4.79 Å². The van der Waals surface area contributed by atoms with Crippen molar-refractivity contribution < 1.29 is 18.3 Å². The lowest BCUT2D eigenvalue weighted by Gasteiger charge is -2.18. The molecule has 1 fully saturated rings. The van der Waals surface area contributed by atoms with Crippen LogP contribution in [0.15, 0.2) is 41.3 Å². The van der Waals surface area contributed by atoms with Gasteiger partial charge in [-0.05, 0) is 36.3 Å². The number of nitrogens with zero attached hydrogens (tertiary/aromatic N) is 1. The van der Waals surface area contributed by atoms with E-state index in [2.05, 4.69) is 0 Å². The van der Waals surface area contributed by atoms with Gasteiger partial charge in [0.05, 0.1) is 4.90 Å². The van der Waals surface area contributed by atoms with Gasteiger partial charge in [0, 0.05) is 24.9 Å². The Hall–Kier alpha value is -1.92. The molecule has 6 heteroatoms. The maximum absolute atomic E-state index is 13.0. The van der Waals surface area contributed by atoms with Crippen molar-refractivity contribution in [3.05, 3.63) is 42.0 Å². The quantitative estimate of drug-likeness (QED) is 0.933. The van der Waals surface area contributed by atoms with E-state index in [0.717, 1.165) is 10.9 Å². The fourth-order valence-corrected chi connectivity index (χ4v) is 4.94. The largest absolute Gasteiger partial charge is 0.481 e. The van der Waals surface area contributed by atoms with Crippen molar-refractivity contribution in [2.45, 2.75) is 24.7 Å². The van der Waals surface area contributed by atoms with Crippen molar-refractivity contribution in [2.75, 3.05) is 13.1 Å². The molecular weight excluding hydrogens is 314 g/mol. The lowest BCUT2D eigenvalue weighted by Crippen LogP contribution is -2.29. The maximum atomic E-state index is 13.0. The molecule has 3 rings (SSSR count). The molecule has 23 heavy (non-hydrogen) atoms. The summed E-state index contributed by atoms with van der Waals surface area (Å²) < 4.78 is 27.4. The summed E-state index contributed by atoms with van der Waals surface area (Å²) in [5.41, 5.74) is 1.03. The van der Waals surface area contributed by atoms with E-state index in [1.165, 1.54) is 4.31 Å². The van der Waals surface area contributed by atoms with Crippen molar-refractivity contribution in [2.24, 2.45) is 5.92 Å². The number of hydrogen-bond donors (Lipinski definition) is 1. The summed E-state index contributed by atoms with van der Waals surface area (Å²) in [6.07, 6.45) is 0.607. The highest BCUT2D eigenvalue weighted by atomic mass is 32.2. The van der Waals surface area contributed by atoms with E-state index in [1.807, 2.05) is 37.3 Å². The van der Waals surface area contributed by atoms with Crippen LogP contribution in [0.1, 0.15) is 18.4 Å². The van der Waals surface area contributed by atoms with Gasteiger partial charge in [-0.2, -0.15) is 4.31 Å². The van der Waals surface area contributed by atoms with Crippen LogP contribution in [0.5, 0.6) is 0 Å². The monoisotopic (exact) mass is 333 g/mol. The lowest BCUT2D eigenvalue weighted by atomic mass is 10.1. The number of carboxylic acid groups (broad SMARTS) is 1. The molecule has 0 spiro atoms. The topological polar surface area (TPSA) is 74.7 Å². The number of carboxylic acids is 1. The first-order valence-corrected chi connectivity index (χ1v) is 9.04. The highest BCUT2D eigenvalue weighted by molar-refractivity contribution is 7.89. The highest BCUT2D eigenvalue weighted by Gasteiger charge is 2.34. The van der Waals surface area contributed by atoms with Crippen LogP contribution in [-0.4, -0.2) is 36.9 Å². The first-order chi connectivity index (χ1) is 10.9.